The molecular weight excluding hydrogens is 213 g/mol. The van der Waals surface area contributed by atoms with Gasteiger partial charge in [-0.05, 0) is 43.7 Å². The molecule has 3 heteroatoms. The monoisotopic (exact) mass is 227 g/mol. The van der Waals surface area contributed by atoms with Crippen LogP contribution in [0.1, 0.15) is 18.9 Å². The van der Waals surface area contributed by atoms with E-state index in [1.54, 1.807) is 6.07 Å². The molecule has 0 atom stereocenters. The zero-order valence-corrected chi connectivity index (χ0v) is 9.52. The van der Waals surface area contributed by atoms with Gasteiger partial charge in [0.05, 0.1) is 0 Å². The molecule has 15 heavy (non-hydrogen) atoms. The van der Waals surface area contributed by atoms with Crippen LogP contribution in [0.2, 0.25) is 5.02 Å². The molecule has 1 aromatic carbocycles. The molecule has 0 amide bonds. The predicted octanol–water partition coefficient (Wildman–Crippen LogP) is 3.53. The Kier molecular flexibility index (Phi) is 5.37. The molecule has 0 aliphatic heterocycles. The molecule has 1 aromatic rings. The summed E-state index contributed by atoms with van der Waals surface area (Å²) in [5.41, 5.74) is 0.875. The molecule has 82 valence electrons. The van der Waals surface area contributed by atoms with E-state index in [-0.39, 0.29) is 5.82 Å². The number of hydrogen-bond donors (Lipinski definition) is 1. The predicted molar refractivity (Wildman–Crippen MR) is 62.5 cm³/mol. The van der Waals surface area contributed by atoms with E-state index in [9.17, 15) is 4.39 Å². The first kappa shape index (κ1) is 12.2. The molecule has 0 bridgehead atoms. The fourth-order valence-corrected chi connectivity index (χ4v) is 1.54. The second kappa shape index (κ2) is 6.59. The number of benzene rings is 1. The van der Waals surface area contributed by atoms with Crippen LogP contribution in [0.3, 0.4) is 0 Å². The van der Waals surface area contributed by atoms with E-state index in [0.29, 0.717) is 11.6 Å². The first-order valence-electron chi connectivity index (χ1n) is 4.99. The summed E-state index contributed by atoms with van der Waals surface area (Å²) < 4.78 is 12.9. The maximum absolute atomic E-state index is 12.9. The molecule has 1 nitrogen and oxygen atoms in total. The van der Waals surface area contributed by atoms with Gasteiger partial charge in [-0.1, -0.05) is 23.8 Å². The molecule has 1 N–H and O–H groups in total. The maximum atomic E-state index is 12.9. The third-order valence-corrected chi connectivity index (χ3v) is 2.19. The van der Waals surface area contributed by atoms with Crippen molar-refractivity contribution in [1.29, 1.82) is 0 Å². The standard InChI is InChI=1S/C12H15ClFN/c1-2-3-4-5-15-9-10-6-11(13)8-12(14)7-10/h2-3,6-8,15H,4-5,9H2,1H3/b3-2+. The van der Waals surface area contributed by atoms with Gasteiger partial charge in [0, 0.05) is 11.6 Å². The summed E-state index contributed by atoms with van der Waals surface area (Å²) in [4.78, 5) is 0. The average molecular weight is 228 g/mol. The molecule has 0 radical (unpaired) electrons. The Morgan fingerprint density at radius 2 is 2.20 bits per heavy atom. The van der Waals surface area contributed by atoms with Gasteiger partial charge in [0.15, 0.2) is 0 Å². The Morgan fingerprint density at radius 1 is 1.40 bits per heavy atom. The van der Waals surface area contributed by atoms with E-state index in [1.807, 2.05) is 13.0 Å². The summed E-state index contributed by atoms with van der Waals surface area (Å²) in [5, 5.41) is 3.66. The highest BCUT2D eigenvalue weighted by Crippen LogP contribution is 2.13. The summed E-state index contributed by atoms with van der Waals surface area (Å²) in [5.74, 6) is -0.284. The van der Waals surface area contributed by atoms with Gasteiger partial charge < -0.3 is 5.32 Å². The lowest BCUT2D eigenvalue weighted by Gasteiger charge is -2.04. The Labute approximate surface area is 95.0 Å². The fourth-order valence-electron chi connectivity index (χ4n) is 1.30. The Bertz CT molecular complexity index is 316. The molecule has 0 spiro atoms. The van der Waals surface area contributed by atoms with Crippen molar-refractivity contribution in [2.45, 2.75) is 19.9 Å². The van der Waals surface area contributed by atoms with Crippen molar-refractivity contribution in [2.75, 3.05) is 6.54 Å². The van der Waals surface area contributed by atoms with Crippen LogP contribution in [0, 0.1) is 5.82 Å². The molecule has 0 fully saturated rings. The lowest BCUT2D eigenvalue weighted by atomic mass is 10.2. The van der Waals surface area contributed by atoms with Gasteiger partial charge in [-0.3, -0.25) is 0 Å². The fraction of sp³-hybridized carbons (Fsp3) is 0.333. The first-order valence-corrected chi connectivity index (χ1v) is 5.37. The van der Waals surface area contributed by atoms with Crippen LogP contribution in [-0.2, 0) is 6.54 Å². The highest BCUT2D eigenvalue weighted by molar-refractivity contribution is 6.30. The number of nitrogens with one attached hydrogen (secondary N) is 1. The molecule has 1 rings (SSSR count). The van der Waals surface area contributed by atoms with Crippen molar-refractivity contribution >= 4 is 11.6 Å². The summed E-state index contributed by atoms with van der Waals surface area (Å²) in [7, 11) is 0. The Balaban J connectivity index is 2.37. The summed E-state index contributed by atoms with van der Waals surface area (Å²) in [6, 6.07) is 4.58. The third-order valence-electron chi connectivity index (χ3n) is 1.97. The first-order chi connectivity index (χ1) is 7.22. The van der Waals surface area contributed by atoms with Crippen LogP contribution in [0.5, 0.6) is 0 Å². The van der Waals surface area contributed by atoms with Gasteiger partial charge in [0.1, 0.15) is 5.82 Å². The smallest absolute Gasteiger partial charge is 0.125 e. The topological polar surface area (TPSA) is 12.0 Å². The SMILES string of the molecule is C/C=C/CCNCc1cc(F)cc(Cl)c1. The second-order valence-electron chi connectivity index (χ2n) is 3.31. The van der Waals surface area contributed by atoms with Gasteiger partial charge >= 0.3 is 0 Å². The van der Waals surface area contributed by atoms with Crippen molar-refractivity contribution in [3.05, 3.63) is 46.8 Å². The number of hydrogen-bond acceptors (Lipinski definition) is 1. The van der Waals surface area contributed by atoms with Crippen LogP contribution in [0.15, 0.2) is 30.4 Å². The van der Waals surface area contributed by atoms with Crippen LogP contribution >= 0.6 is 11.6 Å². The molecule has 0 saturated heterocycles. The summed E-state index contributed by atoms with van der Waals surface area (Å²) in [6.45, 7) is 3.53. The highest BCUT2D eigenvalue weighted by Gasteiger charge is 1.98. The van der Waals surface area contributed by atoms with Gasteiger partial charge in [-0.2, -0.15) is 0 Å². The average Bonchev–Trinajstić information content (AvgIpc) is 2.16. The van der Waals surface area contributed by atoms with Crippen LogP contribution in [-0.4, -0.2) is 6.54 Å². The zero-order chi connectivity index (χ0) is 11.1. The van der Waals surface area contributed by atoms with Crippen molar-refractivity contribution in [3.8, 4) is 0 Å². The van der Waals surface area contributed by atoms with Gasteiger partial charge in [-0.15, -0.1) is 0 Å². The zero-order valence-electron chi connectivity index (χ0n) is 8.76. The van der Waals surface area contributed by atoms with Crippen molar-refractivity contribution in [2.24, 2.45) is 0 Å². The second-order valence-corrected chi connectivity index (χ2v) is 3.75. The lowest BCUT2D eigenvalue weighted by molar-refractivity contribution is 0.620. The van der Waals surface area contributed by atoms with E-state index in [4.69, 9.17) is 11.6 Å². The molecule has 0 saturated carbocycles. The van der Waals surface area contributed by atoms with E-state index < -0.39 is 0 Å². The number of rotatable bonds is 5. The molecule has 0 aromatic heterocycles. The largest absolute Gasteiger partial charge is 0.312 e. The minimum absolute atomic E-state index is 0.284. The molecule has 0 unspecified atom stereocenters. The Hall–Kier alpha value is -0.860. The third kappa shape index (κ3) is 4.96. The van der Waals surface area contributed by atoms with Gasteiger partial charge in [0.25, 0.3) is 0 Å². The van der Waals surface area contributed by atoms with Crippen LogP contribution in [0.25, 0.3) is 0 Å². The minimum atomic E-state index is -0.284. The highest BCUT2D eigenvalue weighted by atomic mass is 35.5. The van der Waals surface area contributed by atoms with Gasteiger partial charge in [-0.25, -0.2) is 4.39 Å². The van der Waals surface area contributed by atoms with E-state index in [0.717, 1.165) is 18.5 Å². The minimum Gasteiger partial charge on any atom is -0.312 e. The molecule has 0 heterocycles. The van der Waals surface area contributed by atoms with Gasteiger partial charge in [0.2, 0.25) is 0 Å². The van der Waals surface area contributed by atoms with Crippen LogP contribution < -0.4 is 5.32 Å². The molecular formula is C12H15ClFN. The molecule has 0 aliphatic rings. The normalized spacial score (nSPS) is 11.1. The van der Waals surface area contributed by atoms with E-state index in [2.05, 4.69) is 11.4 Å². The van der Waals surface area contributed by atoms with Crippen molar-refractivity contribution < 1.29 is 4.39 Å². The quantitative estimate of drug-likeness (QED) is 0.600. The van der Waals surface area contributed by atoms with Crippen molar-refractivity contribution in [1.82, 2.24) is 5.32 Å². The van der Waals surface area contributed by atoms with E-state index in [1.165, 1.54) is 12.1 Å². The lowest BCUT2D eigenvalue weighted by Crippen LogP contribution is -2.14. The van der Waals surface area contributed by atoms with Crippen molar-refractivity contribution in [3.63, 3.8) is 0 Å². The van der Waals surface area contributed by atoms with E-state index >= 15 is 0 Å². The number of halogens is 2. The van der Waals surface area contributed by atoms with Crippen LogP contribution in [0.4, 0.5) is 4.39 Å². The molecule has 0 aliphatic carbocycles. The summed E-state index contributed by atoms with van der Waals surface area (Å²) >= 11 is 5.73. The maximum Gasteiger partial charge on any atom is 0.125 e. The number of allylic oxidation sites excluding steroid dienone is 1. The Morgan fingerprint density at radius 3 is 2.87 bits per heavy atom. The summed E-state index contributed by atoms with van der Waals surface area (Å²) in [6.07, 6.45) is 5.09.